The zero-order valence-electron chi connectivity index (χ0n) is 10.9. The first-order valence-electron chi connectivity index (χ1n) is 5.93. The van der Waals surface area contributed by atoms with Gasteiger partial charge in [0.1, 0.15) is 0 Å². The third kappa shape index (κ3) is 3.03. The van der Waals surface area contributed by atoms with E-state index in [1.807, 2.05) is 27.0 Å². The predicted molar refractivity (Wildman–Crippen MR) is 69.4 cm³/mol. The number of nitro groups is 1. The van der Waals surface area contributed by atoms with Crippen LogP contribution < -0.4 is 5.32 Å². The zero-order valence-corrected chi connectivity index (χ0v) is 10.9. The van der Waals surface area contributed by atoms with Crippen molar-refractivity contribution in [1.82, 2.24) is 5.32 Å². The molecule has 0 aliphatic rings. The van der Waals surface area contributed by atoms with Crippen LogP contribution in [0.2, 0.25) is 0 Å². The first-order chi connectivity index (χ1) is 8.01. The van der Waals surface area contributed by atoms with Gasteiger partial charge in [0.25, 0.3) is 5.69 Å². The van der Waals surface area contributed by atoms with Crippen LogP contribution in [-0.4, -0.2) is 18.0 Å². The van der Waals surface area contributed by atoms with E-state index >= 15 is 0 Å². The second-order valence-corrected chi connectivity index (χ2v) is 4.41. The minimum atomic E-state index is -0.298. The summed E-state index contributed by atoms with van der Waals surface area (Å²) in [5.74, 6) is 0.130. The Bertz CT molecular complexity index is 400. The average Bonchev–Trinajstić information content (AvgIpc) is 2.29. The van der Waals surface area contributed by atoms with Crippen molar-refractivity contribution < 1.29 is 4.92 Å². The predicted octanol–water partition coefficient (Wildman–Crippen LogP) is 3.00. The van der Waals surface area contributed by atoms with Crippen molar-refractivity contribution in [3.05, 3.63) is 39.4 Å². The Morgan fingerprint density at radius 1 is 1.47 bits per heavy atom. The third-order valence-electron chi connectivity index (χ3n) is 3.28. The number of hydrogen-bond acceptors (Lipinski definition) is 3. The fraction of sp³-hybridized carbons (Fsp3) is 0.538. The molecule has 0 saturated carbocycles. The molecule has 0 bridgehead atoms. The molecule has 0 amide bonds. The Morgan fingerprint density at radius 2 is 2.12 bits per heavy atom. The molecule has 0 spiro atoms. The SMILES string of the molecule is CCC(NC)C(C)c1cc(C)ccc1[N+](=O)[O-]. The van der Waals surface area contributed by atoms with Crippen molar-refractivity contribution in [3.8, 4) is 0 Å². The van der Waals surface area contributed by atoms with E-state index in [4.69, 9.17) is 0 Å². The second kappa shape index (κ2) is 5.77. The number of nitrogens with zero attached hydrogens (tertiary/aromatic N) is 1. The van der Waals surface area contributed by atoms with Crippen LogP contribution in [0.4, 0.5) is 5.69 Å². The standard InChI is InChI=1S/C13H20N2O2/c1-5-12(14-4)10(3)11-8-9(2)6-7-13(11)15(16)17/h6-8,10,12,14H,5H2,1-4H3. The second-order valence-electron chi connectivity index (χ2n) is 4.41. The lowest BCUT2D eigenvalue weighted by molar-refractivity contribution is -0.385. The summed E-state index contributed by atoms with van der Waals surface area (Å²) in [6.45, 7) is 6.08. The van der Waals surface area contributed by atoms with Crippen LogP contribution in [-0.2, 0) is 0 Å². The highest BCUT2D eigenvalue weighted by Crippen LogP contribution is 2.30. The van der Waals surface area contributed by atoms with Gasteiger partial charge in [-0.3, -0.25) is 10.1 Å². The maximum Gasteiger partial charge on any atom is 0.272 e. The van der Waals surface area contributed by atoms with Crippen molar-refractivity contribution in [2.24, 2.45) is 0 Å². The number of rotatable bonds is 5. The van der Waals surface area contributed by atoms with Gasteiger partial charge in [0.05, 0.1) is 4.92 Å². The molecule has 1 N–H and O–H groups in total. The molecule has 0 fully saturated rings. The van der Waals surface area contributed by atoms with E-state index in [0.29, 0.717) is 0 Å². The van der Waals surface area contributed by atoms with Crippen molar-refractivity contribution in [1.29, 1.82) is 0 Å². The first-order valence-corrected chi connectivity index (χ1v) is 5.93. The molecule has 2 unspecified atom stereocenters. The Labute approximate surface area is 102 Å². The molecule has 0 aromatic heterocycles. The summed E-state index contributed by atoms with van der Waals surface area (Å²) in [6, 6.07) is 5.57. The van der Waals surface area contributed by atoms with Crippen molar-refractivity contribution in [2.45, 2.75) is 39.2 Å². The van der Waals surface area contributed by atoms with Crippen molar-refractivity contribution >= 4 is 5.69 Å². The lowest BCUT2D eigenvalue weighted by Gasteiger charge is -2.22. The summed E-state index contributed by atoms with van der Waals surface area (Å²) in [5, 5.41) is 14.2. The number of hydrogen-bond donors (Lipinski definition) is 1. The minimum absolute atomic E-state index is 0.130. The average molecular weight is 236 g/mol. The smallest absolute Gasteiger partial charge is 0.272 e. The van der Waals surface area contributed by atoms with E-state index < -0.39 is 0 Å². The lowest BCUT2D eigenvalue weighted by atomic mass is 9.89. The van der Waals surface area contributed by atoms with E-state index in [1.165, 1.54) is 0 Å². The molecule has 1 aromatic rings. The summed E-state index contributed by atoms with van der Waals surface area (Å²) >= 11 is 0. The van der Waals surface area contributed by atoms with Gasteiger partial charge in [0.2, 0.25) is 0 Å². The number of nitrogens with one attached hydrogen (secondary N) is 1. The van der Waals surface area contributed by atoms with Crippen LogP contribution in [0.3, 0.4) is 0 Å². The number of benzene rings is 1. The maximum absolute atomic E-state index is 11.0. The van der Waals surface area contributed by atoms with E-state index in [2.05, 4.69) is 12.2 Å². The van der Waals surface area contributed by atoms with Gasteiger partial charge in [-0.05, 0) is 26.5 Å². The van der Waals surface area contributed by atoms with Crippen molar-refractivity contribution in [3.63, 3.8) is 0 Å². The maximum atomic E-state index is 11.0. The summed E-state index contributed by atoms with van der Waals surface area (Å²) in [5.41, 5.74) is 2.09. The van der Waals surface area contributed by atoms with Crippen LogP contribution in [0.5, 0.6) is 0 Å². The van der Waals surface area contributed by atoms with E-state index in [0.717, 1.165) is 17.5 Å². The first kappa shape index (κ1) is 13.6. The number of nitro benzene ring substituents is 1. The van der Waals surface area contributed by atoms with Gasteiger partial charge in [-0.15, -0.1) is 0 Å². The molecule has 0 saturated heterocycles. The highest BCUT2D eigenvalue weighted by Gasteiger charge is 2.23. The minimum Gasteiger partial charge on any atom is -0.316 e. The van der Waals surface area contributed by atoms with Crippen LogP contribution in [0.1, 0.15) is 37.3 Å². The molecule has 1 aromatic carbocycles. The van der Waals surface area contributed by atoms with Crippen LogP contribution in [0.15, 0.2) is 18.2 Å². The highest BCUT2D eigenvalue weighted by molar-refractivity contribution is 5.45. The van der Waals surface area contributed by atoms with Gasteiger partial charge in [0.15, 0.2) is 0 Å². The molecule has 2 atom stereocenters. The Balaban J connectivity index is 3.18. The van der Waals surface area contributed by atoms with Gasteiger partial charge in [-0.25, -0.2) is 0 Å². The normalized spacial score (nSPS) is 14.4. The molecule has 17 heavy (non-hydrogen) atoms. The number of likely N-dealkylation sites (N-methyl/N-ethyl adjacent to an activating group) is 1. The van der Waals surface area contributed by atoms with E-state index in [1.54, 1.807) is 12.1 Å². The molecule has 4 heteroatoms. The largest absolute Gasteiger partial charge is 0.316 e. The molecule has 1 rings (SSSR count). The third-order valence-corrected chi connectivity index (χ3v) is 3.28. The quantitative estimate of drug-likeness (QED) is 0.631. The Hall–Kier alpha value is -1.42. The van der Waals surface area contributed by atoms with Gasteiger partial charge in [-0.1, -0.05) is 25.5 Å². The van der Waals surface area contributed by atoms with E-state index in [-0.39, 0.29) is 22.6 Å². The molecule has 0 aliphatic heterocycles. The van der Waals surface area contributed by atoms with Crippen LogP contribution >= 0.6 is 0 Å². The summed E-state index contributed by atoms with van der Waals surface area (Å²) in [7, 11) is 1.90. The van der Waals surface area contributed by atoms with Crippen molar-refractivity contribution in [2.75, 3.05) is 7.05 Å². The van der Waals surface area contributed by atoms with E-state index in [9.17, 15) is 10.1 Å². The molecule has 0 heterocycles. The molecule has 4 nitrogen and oxygen atoms in total. The van der Waals surface area contributed by atoms with Crippen LogP contribution in [0.25, 0.3) is 0 Å². The van der Waals surface area contributed by atoms with Gasteiger partial charge in [0, 0.05) is 23.6 Å². The topological polar surface area (TPSA) is 55.2 Å². The Kier molecular flexibility index (Phi) is 4.63. The fourth-order valence-corrected chi connectivity index (χ4v) is 2.23. The highest BCUT2D eigenvalue weighted by atomic mass is 16.6. The summed E-state index contributed by atoms with van der Waals surface area (Å²) in [4.78, 5) is 10.7. The van der Waals surface area contributed by atoms with Gasteiger partial charge < -0.3 is 5.32 Å². The monoisotopic (exact) mass is 236 g/mol. The molecular formula is C13H20N2O2. The fourth-order valence-electron chi connectivity index (χ4n) is 2.23. The molecular weight excluding hydrogens is 216 g/mol. The molecule has 94 valence electrons. The molecule has 0 aliphatic carbocycles. The lowest BCUT2D eigenvalue weighted by Crippen LogP contribution is -2.30. The Morgan fingerprint density at radius 3 is 2.59 bits per heavy atom. The van der Waals surface area contributed by atoms with Gasteiger partial charge >= 0.3 is 0 Å². The molecule has 0 radical (unpaired) electrons. The van der Waals surface area contributed by atoms with Gasteiger partial charge in [-0.2, -0.15) is 0 Å². The summed E-state index contributed by atoms with van der Waals surface area (Å²) < 4.78 is 0. The van der Waals surface area contributed by atoms with Crippen LogP contribution in [0, 0.1) is 17.0 Å². The number of aryl methyl sites for hydroxylation is 1. The zero-order chi connectivity index (χ0) is 13.0. The summed E-state index contributed by atoms with van der Waals surface area (Å²) in [6.07, 6.45) is 0.947.